The van der Waals surface area contributed by atoms with Crippen LogP contribution in [0.2, 0.25) is 5.02 Å². The van der Waals surface area contributed by atoms with Gasteiger partial charge in [0, 0.05) is 18.6 Å². The first kappa shape index (κ1) is 11.7. The zero-order valence-electron chi connectivity index (χ0n) is 9.57. The van der Waals surface area contributed by atoms with Gasteiger partial charge in [-0.1, -0.05) is 35.9 Å². The lowest BCUT2D eigenvalue weighted by atomic mass is 10.2. The molecular weight excluding hydrogens is 234 g/mol. The summed E-state index contributed by atoms with van der Waals surface area (Å²) in [4.78, 5) is 4.37. The molecule has 3 nitrogen and oxygen atoms in total. The van der Waals surface area contributed by atoms with Crippen LogP contribution < -0.4 is 10.6 Å². The predicted octanol–water partition coefficient (Wildman–Crippen LogP) is 3.39. The summed E-state index contributed by atoms with van der Waals surface area (Å²) in [5.41, 5.74) is 1.06. The molecule has 0 bridgehead atoms. The van der Waals surface area contributed by atoms with Crippen molar-refractivity contribution < 1.29 is 0 Å². The molecule has 0 fully saturated rings. The Morgan fingerprint density at radius 2 is 1.82 bits per heavy atom. The minimum atomic E-state index is 0.667. The number of anilines is 2. The maximum absolute atomic E-state index is 6.08. The highest BCUT2D eigenvalue weighted by molar-refractivity contribution is 6.31. The van der Waals surface area contributed by atoms with Crippen molar-refractivity contribution in [3.63, 3.8) is 0 Å². The summed E-state index contributed by atoms with van der Waals surface area (Å²) < 4.78 is 0. The van der Waals surface area contributed by atoms with Crippen molar-refractivity contribution in [1.82, 2.24) is 4.98 Å². The lowest BCUT2D eigenvalue weighted by molar-refractivity contribution is 1.11. The summed E-state index contributed by atoms with van der Waals surface area (Å²) in [6.45, 7) is 0.667. The smallest absolute Gasteiger partial charge is 0.128 e. The molecular formula is C13H14ClN3. The molecule has 0 atom stereocenters. The van der Waals surface area contributed by atoms with E-state index in [0.717, 1.165) is 22.2 Å². The van der Waals surface area contributed by atoms with Crippen molar-refractivity contribution in [2.75, 3.05) is 17.7 Å². The molecule has 88 valence electrons. The summed E-state index contributed by atoms with van der Waals surface area (Å²) in [5.74, 6) is 1.67. The summed E-state index contributed by atoms with van der Waals surface area (Å²) in [5, 5.41) is 7.01. The highest BCUT2D eigenvalue weighted by Crippen LogP contribution is 2.16. The summed E-state index contributed by atoms with van der Waals surface area (Å²) in [6.07, 6.45) is 0. The van der Waals surface area contributed by atoms with Crippen LogP contribution in [0.15, 0.2) is 42.5 Å². The fourth-order valence-corrected chi connectivity index (χ4v) is 1.70. The number of hydrogen-bond acceptors (Lipinski definition) is 3. The highest BCUT2D eigenvalue weighted by Gasteiger charge is 1.99. The van der Waals surface area contributed by atoms with E-state index in [4.69, 9.17) is 11.6 Å². The number of aromatic nitrogens is 1. The van der Waals surface area contributed by atoms with Crippen molar-refractivity contribution in [2.45, 2.75) is 6.54 Å². The topological polar surface area (TPSA) is 37.0 Å². The second kappa shape index (κ2) is 5.55. The Bertz CT molecular complexity index is 500. The molecule has 17 heavy (non-hydrogen) atoms. The lowest BCUT2D eigenvalue weighted by Gasteiger charge is -2.08. The van der Waals surface area contributed by atoms with Crippen LogP contribution in [0.25, 0.3) is 0 Å². The minimum absolute atomic E-state index is 0.667. The molecule has 0 aliphatic rings. The van der Waals surface area contributed by atoms with Crippen molar-refractivity contribution in [1.29, 1.82) is 0 Å². The van der Waals surface area contributed by atoms with Crippen molar-refractivity contribution in [3.05, 3.63) is 53.1 Å². The molecule has 0 saturated heterocycles. The van der Waals surface area contributed by atoms with Crippen molar-refractivity contribution in [3.8, 4) is 0 Å². The molecule has 0 saturated carbocycles. The summed E-state index contributed by atoms with van der Waals surface area (Å²) >= 11 is 6.08. The van der Waals surface area contributed by atoms with Gasteiger partial charge in [0.15, 0.2) is 0 Å². The highest BCUT2D eigenvalue weighted by atomic mass is 35.5. The average molecular weight is 248 g/mol. The van der Waals surface area contributed by atoms with Gasteiger partial charge in [-0.3, -0.25) is 0 Å². The number of pyridine rings is 1. The van der Waals surface area contributed by atoms with Crippen LogP contribution >= 0.6 is 11.6 Å². The second-order valence-electron chi connectivity index (χ2n) is 3.60. The molecule has 1 aromatic heterocycles. The molecule has 0 spiro atoms. The van der Waals surface area contributed by atoms with Gasteiger partial charge in [0.25, 0.3) is 0 Å². The third-order valence-electron chi connectivity index (χ3n) is 2.42. The Morgan fingerprint density at radius 1 is 1.06 bits per heavy atom. The van der Waals surface area contributed by atoms with Gasteiger partial charge in [-0.2, -0.15) is 0 Å². The zero-order valence-corrected chi connectivity index (χ0v) is 10.3. The number of rotatable bonds is 4. The van der Waals surface area contributed by atoms with E-state index in [2.05, 4.69) is 15.6 Å². The van der Waals surface area contributed by atoms with Crippen LogP contribution in [-0.4, -0.2) is 12.0 Å². The fraction of sp³-hybridized carbons (Fsp3) is 0.154. The van der Waals surface area contributed by atoms with Crippen LogP contribution in [0.5, 0.6) is 0 Å². The first-order valence-electron chi connectivity index (χ1n) is 5.41. The summed E-state index contributed by atoms with van der Waals surface area (Å²) in [6, 6.07) is 13.6. The Hall–Kier alpha value is -1.74. The molecule has 4 heteroatoms. The Balaban J connectivity index is 2.05. The van der Waals surface area contributed by atoms with Gasteiger partial charge >= 0.3 is 0 Å². The van der Waals surface area contributed by atoms with Gasteiger partial charge in [0.2, 0.25) is 0 Å². The molecule has 2 rings (SSSR count). The van der Waals surface area contributed by atoms with E-state index in [1.165, 1.54) is 0 Å². The number of halogens is 1. The normalized spacial score (nSPS) is 10.0. The number of nitrogens with zero attached hydrogens (tertiary/aromatic N) is 1. The summed E-state index contributed by atoms with van der Waals surface area (Å²) in [7, 11) is 1.85. The zero-order chi connectivity index (χ0) is 12.1. The van der Waals surface area contributed by atoms with E-state index < -0.39 is 0 Å². The van der Waals surface area contributed by atoms with Gasteiger partial charge in [-0.25, -0.2) is 4.98 Å². The second-order valence-corrected chi connectivity index (χ2v) is 4.01. The standard InChI is InChI=1S/C13H14ClN3/c1-15-12-7-4-8-13(17-12)16-9-10-5-2-3-6-11(10)14/h2-8H,9H2,1H3,(H2,15,16,17). The average Bonchev–Trinajstić information content (AvgIpc) is 2.38. The van der Waals surface area contributed by atoms with E-state index in [1.807, 2.05) is 49.5 Å². The van der Waals surface area contributed by atoms with Gasteiger partial charge < -0.3 is 10.6 Å². The Labute approximate surface area is 106 Å². The van der Waals surface area contributed by atoms with Gasteiger partial charge in [-0.05, 0) is 23.8 Å². The van der Waals surface area contributed by atoms with E-state index >= 15 is 0 Å². The quantitative estimate of drug-likeness (QED) is 0.870. The predicted molar refractivity (Wildman–Crippen MR) is 72.6 cm³/mol. The molecule has 0 unspecified atom stereocenters. The minimum Gasteiger partial charge on any atom is -0.373 e. The van der Waals surface area contributed by atoms with Gasteiger partial charge in [0.1, 0.15) is 11.6 Å². The van der Waals surface area contributed by atoms with Crippen molar-refractivity contribution in [2.24, 2.45) is 0 Å². The number of nitrogens with one attached hydrogen (secondary N) is 2. The van der Waals surface area contributed by atoms with E-state index in [0.29, 0.717) is 6.54 Å². The third kappa shape index (κ3) is 3.11. The molecule has 1 aromatic carbocycles. The molecule has 1 heterocycles. The molecule has 2 N–H and O–H groups in total. The first-order chi connectivity index (χ1) is 8.29. The van der Waals surface area contributed by atoms with Crippen LogP contribution in [0.1, 0.15) is 5.56 Å². The maximum atomic E-state index is 6.08. The molecule has 0 aliphatic heterocycles. The largest absolute Gasteiger partial charge is 0.373 e. The van der Waals surface area contributed by atoms with Crippen LogP contribution in [0, 0.1) is 0 Å². The Morgan fingerprint density at radius 3 is 2.59 bits per heavy atom. The van der Waals surface area contributed by atoms with Crippen LogP contribution in [0.4, 0.5) is 11.6 Å². The van der Waals surface area contributed by atoms with Crippen LogP contribution in [-0.2, 0) is 6.54 Å². The molecule has 0 radical (unpaired) electrons. The van der Waals surface area contributed by atoms with E-state index in [1.54, 1.807) is 0 Å². The monoisotopic (exact) mass is 247 g/mol. The number of benzene rings is 1. The van der Waals surface area contributed by atoms with E-state index in [9.17, 15) is 0 Å². The molecule has 0 aliphatic carbocycles. The van der Waals surface area contributed by atoms with E-state index in [-0.39, 0.29) is 0 Å². The fourth-order valence-electron chi connectivity index (χ4n) is 1.50. The van der Waals surface area contributed by atoms with Gasteiger partial charge in [-0.15, -0.1) is 0 Å². The van der Waals surface area contributed by atoms with Crippen LogP contribution in [0.3, 0.4) is 0 Å². The number of hydrogen-bond donors (Lipinski definition) is 2. The first-order valence-corrected chi connectivity index (χ1v) is 5.79. The van der Waals surface area contributed by atoms with Crippen molar-refractivity contribution >= 4 is 23.2 Å². The maximum Gasteiger partial charge on any atom is 0.128 e. The molecule has 0 amide bonds. The third-order valence-corrected chi connectivity index (χ3v) is 2.79. The Kier molecular flexibility index (Phi) is 3.83. The molecule has 2 aromatic rings. The SMILES string of the molecule is CNc1cccc(NCc2ccccc2Cl)n1. The van der Waals surface area contributed by atoms with Gasteiger partial charge in [0.05, 0.1) is 0 Å². The lowest BCUT2D eigenvalue weighted by Crippen LogP contribution is -2.03.